The highest BCUT2D eigenvalue weighted by Crippen LogP contribution is 2.27. The Morgan fingerprint density at radius 3 is 2.93 bits per heavy atom. The van der Waals surface area contributed by atoms with Gasteiger partial charge in [-0.1, -0.05) is 18.0 Å². The van der Waals surface area contributed by atoms with Crippen LogP contribution in [0.3, 0.4) is 0 Å². The van der Waals surface area contributed by atoms with Crippen molar-refractivity contribution in [2.24, 2.45) is 5.73 Å². The molecule has 0 saturated heterocycles. The third-order valence-corrected chi connectivity index (χ3v) is 2.87. The van der Waals surface area contributed by atoms with Gasteiger partial charge in [0.15, 0.2) is 0 Å². The van der Waals surface area contributed by atoms with Crippen LogP contribution >= 0.6 is 0 Å². The molecule has 1 aliphatic rings. The van der Waals surface area contributed by atoms with Crippen LogP contribution < -0.4 is 11.1 Å². The summed E-state index contributed by atoms with van der Waals surface area (Å²) in [4.78, 5) is 11.8. The summed E-state index contributed by atoms with van der Waals surface area (Å²) in [7, 11) is 0. The van der Waals surface area contributed by atoms with Crippen LogP contribution in [0, 0.1) is 0 Å². The van der Waals surface area contributed by atoms with E-state index in [9.17, 15) is 4.79 Å². The van der Waals surface area contributed by atoms with Crippen LogP contribution in [-0.4, -0.2) is 16.6 Å². The highest BCUT2D eigenvalue weighted by atomic mass is 16.5. The maximum Gasteiger partial charge on any atom is 0.240 e. The predicted molar refractivity (Wildman–Crippen MR) is 53.7 cm³/mol. The van der Waals surface area contributed by atoms with Gasteiger partial charge in [0.25, 0.3) is 0 Å². The standard InChI is InChI=1S/C10H15N3O2/c11-10(4-1-2-5-10)9(14)12-7-8-3-6-15-13-8/h3,6H,1-2,4-5,7,11H2,(H,12,14). The van der Waals surface area contributed by atoms with Crippen molar-refractivity contribution >= 4 is 5.91 Å². The fourth-order valence-electron chi connectivity index (χ4n) is 1.91. The molecule has 0 unspecified atom stereocenters. The normalized spacial score (nSPS) is 19.0. The summed E-state index contributed by atoms with van der Waals surface area (Å²) in [5, 5.41) is 6.49. The van der Waals surface area contributed by atoms with E-state index in [-0.39, 0.29) is 5.91 Å². The first kappa shape index (κ1) is 10.2. The number of amides is 1. The molecular weight excluding hydrogens is 194 g/mol. The molecule has 82 valence electrons. The number of rotatable bonds is 3. The van der Waals surface area contributed by atoms with E-state index in [1.54, 1.807) is 6.07 Å². The van der Waals surface area contributed by atoms with Gasteiger partial charge in [-0.05, 0) is 12.8 Å². The number of nitrogens with zero attached hydrogens (tertiary/aromatic N) is 1. The minimum absolute atomic E-state index is 0.0806. The second-order valence-corrected chi connectivity index (χ2v) is 4.04. The second kappa shape index (κ2) is 4.02. The van der Waals surface area contributed by atoms with Crippen molar-refractivity contribution in [3.05, 3.63) is 18.0 Å². The fraction of sp³-hybridized carbons (Fsp3) is 0.600. The number of carbonyl (C=O) groups excluding carboxylic acids is 1. The van der Waals surface area contributed by atoms with Crippen LogP contribution in [0.25, 0.3) is 0 Å². The Bertz CT molecular complexity index is 328. The zero-order valence-electron chi connectivity index (χ0n) is 8.53. The maximum absolute atomic E-state index is 11.8. The van der Waals surface area contributed by atoms with Crippen LogP contribution in [0.4, 0.5) is 0 Å². The first-order valence-corrected chi connectivity index (χ1v) is 5.17. The van der Waals surface area contributed by atoms with Crippen molar-refractivity contribution in [1.29, 1.82) is 0 Å². The molecule has 0 bridgehead atoms. The minimum atomic E-state index is -0.663. The summed E-state index contributed by atoms with van der Waals surface area (Å²) in [6.07, 6.45) is 5.10. The Hall–Kier alpha value is -1.36. The van der Waals surface area contributed by atoms with Crippen molar-refractivity contribution in [3.8, 4) is 0 Å². The maximum atomic E-state index is 11.8. The van der Waals surface area contributed by atoms with Gasteiger partial charge >= 0.3 is 0 Å². The SMILES string of the molecule is NC1(C(=O)NCc2ccon2)CCCC1. The first-order valence-electron chi connectivity index (χ1n) is 5.17. The van der Waals surface area contributed by atoms with E-state index in [1.807, 2.05) is 0 Å². The lowest BCUT2D eigenvalue weighted by Gasteiger charge is -2.21. The molecule has 2 rings (SSSR count). The third-order valence-electron chi connectivity index (χ3n) is 2.87. The lowest BCUT2D eigenvalue weighted by atomic mass is 9.98. The van der Waals surface area contributed by atoms with Crippen LogP contribution in [0.15, 0.2) is 16.9 Å². The number of hydrogen-bond donors (Lipinski definition) is 2. The van der Waals surface area contributed by atoms with Crippen molar-refractivity contribution in [2.75, 3.05) is 0 Å². The fourth-order valence-corrected chi connectivity index (χ4v) is 1.91. The molecule has 1 aromatic rings. The van der Waals surface area contributed by atoms with E-state index in [2.05, 4.69) is 15.0 Å². The van der Waals surface area contributed by atoms with Gasteiger partial charge in [0, 0.05) is 6.07 Å². The van der Waals surface area contributed by atoms with Crippen molar-refractivity contribution in [1.82, 2.24) is 10.5 Å². The van der Waals surface area contributed by atoms with E-state index >= 15 is 0 Å². The largest absolute Gasteiger partial charge is 0.364 e. The summed E-state index contributed by atoms with van der Waals surface area (Å²) < 4.78 is 4.66. The van der Waals surface area contributed by atoms with Gasteiger partial charge in [-0.2, -0.15) is 0 Å². The predicted octanol–water partition coefficient (Wildman–Crippen LogP) is 0.562. The Balaban J connectivity index is 1.87. The molecule has 5 heteroatoms. The van der Waals surface area contributed by atoms with E-state index < -0.39 is 5.54 Å². The van der Waals surface area contributed by atoms with Crippen LogP contribution in [0.1, 0.15) is 31.4 Å². The molecular formula is C10H15N3O2. The summed E-state index contributed by atoms with van der Waals surface area (Å²) in [5.74, 6) is -0.0806. The number of nitrogens with one attached hydrogen (secondary N) is 1. The Kier molecular flexibility index (Phi) is 2.73. The zero-order valence-corrected chi connectivity index (χ0v) is 8.53. The number of nitrogens with two attached hydrogens (primary N) is 1. The summed E-state index contributed by atoms with van der Waals surface area (Å²) >= 11 is 0. The monoisotopic (exact) mass is 209 g/mol. The Morgan fingerprint density at radius 2 is 2.33 bits per heavy atom. The molecule has 1 saturated carbocycles. The lowest BCUT2D eigenvalue weighted by molar-refractivity contribution is -0.126. The van der Waals surface area contributed by atoms with Crippen LogP contribution in [-0.2, 0) is 11.3 Å². The molecule has 0 aliphatic heterocycles. The quantitative estimate of drug-likeness (QED) is 0.762. The second-order valence-electron chi connectivity index (χ2n) is 4.04. The molecule has 1 amide bonds. The number of carbonyl (C=O) groups is 1. The Morgan fingerprint density at radius 1 is 1.60 bits per heavy atom. The number of hydrogen-bond acceptors (Lipinski definition) is 4. The molecule has 1 aromatic heterocycles. The van der Waals surface area contributed by atoms with Gasteiger partial charge in [-0.25, -0.2) is 0 Å². The molecule has 1 aliphatic carbocycles. The van der Waals surface area contributed by atoms with Crippen molar-refractivity contribution < 1.29 is 9.32 Å². The minimum Gasteiger partial charge on any atom is -0.364 e. The van der Waals surface area contributed by atoms with Crippen LogP contribution in [0.2, 0.25) is 0 Å². The van der Waals surface area contributed by atoms with E-state index in [1.165, 1.54) is 6.26 Å². The topological polar surface area (TPSA) is 81.2 Å². The Labute approximate surface area is 88.0 Å². The lowest BCUT2D eigenvalue weighted by Crippen LogP contribution is -2.51. The van der Waals surface area contributed by atoms with Gasteiger partial charge in [0.05, 0.1) is 12.1 Å². The molecule has 0 aromatic carbocycles. The molecule has 0 radical (unpaired) electrons. The van der Waals surface area contributed by atoms with Gasteiger partial charge in [-0.15, -0.1) is 0 Å². The number of aromatic nitrogens is 1. The van der Waals surface area contributed by atoms with Gasteiger partial charge in [0.2, 0.25) is 5.91 Å². The average Bonchev–Trinajstić information content (AvgIpc) is 2.85. The third kappa shape index (κ3) is 2.18. The summed E-state index contributed by atoms with van der Waals surface area (Å²) in [5.41, 5.74) is 6.04. The van der Waals surface area contributed by atoms with Gasteiger partial charge < -0.3 is 15.6 Å². The average molecular weight is 209 g/mol. The van der Waals surface area contributed by atoms with Crippen molar-refractivity contribution in [3.63, 3.8) is 0 Å². The molecule has 5 nitrogen and oxygen atoms in total. The smallest absolute Gasteiger partial charge is 0.240 e. The summed E-state index contributed by atoms with van der Waals surface area (Å²) in [6.45, 7) is 0.383. The molecule has 1 heterocycles. The van der Waals surface area contributed by atoms with Crippen LogP contribution in [0.5, 0.6) is 0 Å². The summed E-state index contributed by atoms with van der Waals surface area (Å²) in [6, 6.07) is 1.72. The van der Waals surface area contributed by atoms with Gasteiger partial charge in [-0.3, -0.25) is 4.79 Å². The van der Waals surface area contributed by atoms with E-state index in [4.69, 9.17) is 5.73 Å². The highest BCUT2D eigenvalue weighted by Gasteiger charge is 2.36. The molecule has 0 atom stereocenters. The van der Waals surface area contributed by atoms with Gasteiger partial charge in [0.1, 0.15) is 12.0 Å². The van der Waals surface area contributed by atoms with E-state index in [0.29, 0.717) is 12.2 Å². The molecule has 0 spiro atoms. The molecule has 15 heavy (non-hydrogen) atoms. The molecule has 3 N–H and O–H groups in total. The first-order chi connectivity index (χ1) is 7.21. The van der Waals surface area contributed by atoms with E-state index in [0.717, 1.165) is 25.7 Å². The zero-order chi connectivity index (χ0) is 10.7. The molecule has 1 fully saturated rings. The highest BCUT2D eigenvalue weighted by molar-refractivity contribution is 5.86. The van der Waals surface area contributed by atoms with Crippen molar-refractivity contribution in [2.45, 2.75) is 37.8 Å².